The van der Waals surface area contributed by atoms with E-state index in [2.05, 4.69) is 10.0 Å². The Labute approximate surface area is 159 Å². The van der Waals surface area contributed by atoms with Gasteiger partial charge in [-0.15, -0.1) is 0 Å². The Morgan fingerprint density at radius 2 is 1.81 bits per heavy atom. The molecule has 0 aliphatic heterocycles. The first-order valence-electron chi connectivity index (χ1n) is 7.98. The molecule has 0 fully saturated rings. The molecule has 2 aromatic carbocycles. The van der Waals surface area contributed by atoms with Gasteiger partial charge in [-0.25, -0.2) is 13.1 Å². The van der Waals surface area contributed by atoms with Crippen LogP contribution < -0.4 is 10.0 Å². The number of aryl methyl sites for hydroxylation is 1. The second kappa shape index (κ2) is 8.64. The maximum atomic E-state index is 12.2. The molecule has 2 N–H and O–H groups in total. The number of nitrogens with one attached hydrogen (secondary N) is 2. The Morgan fingerprint density at radius 3 is 2.42 bits per heavy atom. The number of nitrogens with zero attached hydrogens (tertiary/aromatic N) is 1. The molecular formula is C18H22ClN3O3S. The summed E-state index contributed by atoms with van der Waals surface area (Å²) in [4.78, 5) is 14.2. The second-order valence-electron chi connectivity index (χ2n) is 6.03. The van der Waals surface area contributed by atoms with Gasteiger partial charge in [0.05, 0.1) is 11.4 Å². The number of hydrogen-bond acceptors (Lipinski definition) is 4. The molecule has 6 nitrogen and oxygen atoms in total. The van der Waals surface area contributed by atoms with E-state index in [1.807, 2.05) is 24.1 Å². The van der Waals surface area contributed by atoms with Crippen LogP contribution in [0.5, 0.6) is 0 Å². The summed E-state index contributed by atoms with van der Waals surface area (Å²) in [6, 6.07) is 12.2. The number of anilines is 1. The molecule has 0 bridgehead atoms. The minimum Gasteiger partial charge on any atom is -0.325 e. The molecule has 140 valence electrons. The van der Waals surface area contributed by atoms with Crippen molar-refractivity contribution in [2.24, 2.45) is 0 Å². The van der Waals surface area contributed by atoms with E-state index in [1.54, 1.807) is 31.2 Å². The van der Waals surface area contributed by atoms with Crippen molar-refractivity contribution in [3.05, 3.63) is 58.6 Å². The van der Waals surface area contributed by atoms with Crippen LogP contribution in [0.15, 0.2) is 47.4 Å². The predicted octanol–water partition coefficient (Wildman–Crippen LogP) is 2.63. The molecule has 8 heteroatoms. The summed E-state index contributed by atoms with van der Waals surface area (Å²) in [5.74, 6) is -0.224. The van der Waals surface area contributed by atoms with Crippen molar-refractivity contribution in [3.63, 3.8) is 0 Å². The first-order valence-corrected chi connectivity index (χ1v) is 9.84. The van der Waals surface area contributed by atoms with Gasteiger partial charge in [-0.3, -0.25) is 9.69 Å². The van der Waals surface area contributed by atoms with Crippen LogP contribution in [0.3, 0.4) is 0 Å². The molecule has 0 unspecified atom stereocenters. The number of sulfonamides is 1. The molecule has 26 heavy (non-hydrogen) atoms. The first kappa shape index (κ1) is 20.4. The smallest absolute Gasteiger partial charge is 0.240 e. The topological polar surface area (TPSA) is 78.5 Å². The Kier molecular flexibility index (Phi) is 6.77. The van der Waals surface area contributed by atoms with Gasteiger partial charge in [-0.1, -0.05) is 29.8 Å². The second-order valence-corrected chi connectivity index (χ2v) is 8.33. The third-order valence-corrected chi connectivity index (χ3v) is 5.62. The van der Waals surface area contributed by atoms with E-state index in [9.17, 15) is 13.2 Å². The Bertz CT molecular complexity index is 883. The lowest BCUT2D eigenvalue weighted by Gasteiger charge is -2.17. The molecule has 0 spiro atoms. The van der Waals surface area contributed by atoms with Crippen LogP contribution in [-0.4, -0.2) is 39.9 Å². The van der Waals surface area contributed by atoms with Gasteiger partial charge in [0.25, 0.3) is 0 Å². The number of halogens is 1. The summed E-state index contributed by atoms with van der Waals surface area (Å²) in [7, 11) is -0.390. The lowest BCUT2D eigenvalue weighted by atomic mass is 10.2. The van der Waals surface area contributed by atoms with Crippen molar-refractivity contribution < 1.29 is 13.2 Å². The highest BCUT2D eigenvalue weighted by Gasteiger charge is 2.16. The van der Waals surface area contributed by atoms with Crippen LogP contribution in [0.25, 0.3) is 0 Å². The zero-order chi connectivity index (χ0) is 19.3. The standard InChI is InChI=1S/C18H22ClN3O3S/c1-13-4-9-16(10-17(13)26(24,25)20-2)21-18(23)12-22(3)11-14-5-7-15(19)8-6-14/h4-10,20H,11-12H2,1-3H3,(H,21,23). The highest BCUT2D eigenvalue weighted by Crippen LogP contribution is 2.20. The molecule has 0 saturated carbocycles. The van der Waals surface area contributed by atoms with Crippen LogP contribution in [0.2, 0.25) is 5.02 Å². The molecule has 2 rings (SSSR count). The fourth-order valence-electron chi connectivity index (χ4n) is 2.48. The fraction of sp³-hybridized carbons (Fsp3) is 0.278. The predicted molar refractivity (Wildman–Crippen MR) is 104 cm³/mol. The quantitative estimate of drug-likeness (QED) is 0.755. The number of likely N-dealkylation sites (N-methyl/N-ethyl adjacent to an activating group) is 1. The summed E-state index contributed by atoms with van der Waals surface area (Å²) >= 11 is 5.86. The summed E-state index contributed by atoms with van der Waals surface area (Å²) in [6.07, 6.45) is 0. The number of amides is 1. The maximum Gasteiger partial charge on any atom is 0.240 e. The first-order chi connectivity index (χ1) is 12.2. The van der Waals surface area contributed by atoms with Gasteiger partial charge in [0.1, 0.15) is 0 Å². The van der Waals surface area contributed by atoms with Crippen molar-refractivity contribution in [1.82, 2.24) is 9.62 Å². The summed E-state index contributed by atoms with van der Waals surface area (Å²) in [5.41, 5.74) is 2.09. The number of hydrogen-bond donors (Lipinski definition) is 2. The van der Waals surface area contributed by atoms with E-state index < -0.39 is 10.0 Å². The van der Waals surface area contributed by atoms with Crippen molar-refractivity contribution in [2.75, 3.05) is 26.0 Å². The molecule has 0 radical (unpaired) electrons. The SMILES string of the molecule is CNS(=O)(=O)c1cc(NC(=O)CN(C)Cc2ccc(Cl)cc2)ccc1C. The lowest BCUT2D eigenvalue weighted by molar-refractivity contribution is -0.117. The Balaban J connectivity index is 2.01. The van der Waals surface area contributed by atoms with Crippen molar-refractivity contribution >= 4 is 33.2 Å². The molecule has 0 aliphatic rings. The van der Waals surface area contributed by atoms with Crippen molar-refractivity contribution in [2.45, 2.75) is 18.4 Å². The van der Waals surface area contributed by atoms with E-state index in [1.165, 1.54) is 13.1 Å². The number of carbonyl (C=O) groups is 1. The molecule has 0 saturated heterocycles. The van der Waals surface area contributed by atoms with Gasteiger partial charge in [0.2, 0.25) is 15.9 Å². The highest BCUT2D eigenvalue weighted by molar-refractivity contribution is 7.89. The largest absolute Gasteiger partial charge is 0.325 e. The average Bonchev–Trinajstić information content (AvgIpc) is 2.58. The Hall–Kier alpha value is -1.93. The fourth-order valence-corrected chi connectivity index (χ4v) is 3.60. The molecule has 0 aliphatic carbocycles. The maximum absolute atomic E-state index is 12.2. The average molecular weight is 396 g/mol. The monoisotopic (exact) mass is 395 g/mol. The summed E-state index contributed by atoms with van der Waals surface area (Å²) in [6.45, 7) is 2.47. The van der Waals surface area contributed by atoms with Crippen LogP contribution >= 0.6 is 11.6 Å². The van der Waals surface area contributed by atoms with E-state index in [-0.39, 0.29) is 17.3 Å². The van der Waals surface area contributed by atoms with Gasteiger partial charge < -0.3 is 5.32 Å². The number of benzene rings is 2. The minimum atomic E-state index is -3.58. The van der Waals surface area contributed by atoms with E-state index in [4.69, 9.17) is 11.6 Å². The summed E-state index contributed by atoms with van der Waals surface area (Å²) in [5, 5.41) is 3.41. The van der Waals surface area contributed by atoms with E-state index in [0.29, 0.717) is 22.8 Å². The molecule has 0 heterocycles. The molecular weight excluding hydrogens is 374 g/mol. The van der Waals surface area contributed by atoms with Crippen LogP contribution in [0.4, 0.5) is 5.69 Å². The third-order valence-electron chi connectivity index (χ3n) is 3.81. The zero-order valence-electron chi connectivity index (χ0n) is 14.9. The van der Waals surface area contributed by atoms with Gasteiger partial charge >= 0.3 is 0 Å². The number of rotatable bonds is 7. The van der Waals surface area contributed by atoms with Gasteiger partial charge in [0.15, 0.2) is 0 Å². The van der Waals surface area contributed by atoms with Crippen LogP contribution in [0, 0.1) is 6.92 Å². The molecule has 1 amide bonds. The van der Waals surface area contributed by atoms with Gasteiger partial charge in [-0.05, 0) is 56.4 Å². The highest BCUT2D eigenvalue weighted by atomic mass is 35.5. The van der Waals surface area contributed by atoms with E-state index >= 15 is 0 Å². The van der Waals surface area contributed by atoms with Gasteiger partial charge in [0, 0.05) is 17.3 Å². The molecule has 0 aromatic heterocycles. The normalized spacial score (nSPS) is 11.6. The third kappa shape index (κ3) is 5.54. The zero-order valence-corrected chi connectivity index (χ0v) is 16.5. The lowest BCUT2D eigenvalue weighted by Crippen LogP contribution is -2.30. The van der Waals surface area contributed by atoms with Crippen molar-refractivity contribution in [1.29, 1.82) is 0 Å². The van der Waals surface area contributed by atoms with Crippen LogP contribution in [-0.2, 0) is 21.4 Å². The van der Waals surface area contributed by atoms with Crippen molar-refractivity contribution in [3.8, 4) is 0 Å². The summed E-state index contributed by atoms with van der Waals surface area (Å²) < 4.78 is 26.3. The van der Waals surface area contributed by atoms with Gasteiger partial charge in [-0.2, -0.15) is 0 Å². The number of carbonyl (C=O) groups excluding carboxylic acids is 1. The molecule has 2 aromatic rings. The van der Waals surface area contributed by atoms with E-state index in [0.717, 1.165) is 5.56 Å². The van der Waals surface area contributed by atoms with Crippen LogP contribution in [0.1, 0.15) is 11.1 Å². The minimum absolute atomic E-state index is 0.146. The Morgan fingerprint density at radius 1 is 1.15 bits per heavy atom. The molecule has 0 atom stereocenters.